The van der Waals surface area contributed by atoms with Crippen molar-refractivity contribution in [1.29, 1.82) is 0 Å². The zero-order chi connectivity index (χ0) is 27.4. The maximum Gasteiger partial charge on any atom is 0.249 e. The van der Waals surface area contributed by atoms with E-state index < -0.39 is 6.04 Å². The van der Waals surface area contributed by atoms with Gasteiger partial charge in [-0.05, 0) is 72.8 Å². The van der Waals surface area contributed by atoms with Gasteiger partial charge in [0.15, 0.2) is 0 Å². The first kappa shape index (κ1) is 26.4. The molecule has 2 atom stereocenters. The van der Waals surface area contributed by atoms with Crippen molar-refractivity contribution in [2.45, 2.75) is 44.8 Å². The maximum absolute atomic E-state index is 14.0. The van der Waals surface area contributed by atoms with Gasteiger partial charge >= 0.3 is 0 Å². The first-order chi connectivity index (χ1) is 19.0. The van der Waals surface area contributed by atoms with Gasteiger partial charge < -0.3 is 20.3 Å². The van der Waals surface area contributed by atoms with E-state index in [1.165, 1.54) is 11.1 Å². The SMILES string of the molecule is CN[C@@H](C)C(=O)N[C@H]1CCc2ccccc2N(Cc2c(OC)ccc3cc(Cc4ccccc4)ccc23)C1=O. The predicted molar refractivity (Wildman–Crippen MR) is 156 cm³/mol. The minimum atomic E-state index is -0.612. The van der Waals surface area contributed by atoms with Crippen LogP contribution in [0.5, 0.6) is 5.75 Å². The second kappa shape index (κ2) is 11.7. The Balaban J connectivity index is 1.52. The van der Waals surface area contributed by atoms with Crippen LogP contribution < -0.4 is 20.3 Å². The second-order valence-electron chi connectivity index (χ2n) is 10.1. The molecule has 6 nitrogen and oxygen atoms in total. The average Bonchev–Trinajstić information content (AvgIpc) is 3.09. The Labute approximate surface area is 230 Å². The van der Waals surface area contributed by atoms with Crippen LogP contribution in [0.1, 0.15) is 35.6 Å². The fourth-order valence-electron chi connectivity index (χ4n) is 5.32. The molecular weight excluding hydrogens is 486 g/mol. The molecule has 4 aromatic rings. The Kier molecular flexibility index (Phi) is 7.94. The number of carbonyl (C=O) groups excluding carboxylic acids is 2. The summed E-state index contributed by atoms with van der Waals surface area (Å²) in [5, 5.41) is 8.08. The van der Waals surface area contributed by atoms with Gasteiger partial charge in [0.1, 0.15) is 11.8 Å². The molecule has 2 amide bonds. The lowest BCUT2D eigenvalue weighted by atomic mass is 9.97. The summed E-state index contributed by atoms with van der Waals surface area (Å²) in [6.45, 7) is 2.12. The van der Waals surface area contributed by atoms with E-state index in [0.717, 1.165) is 39.8 Å². The van der Waals surface area contributed by atoms with Crippen LogP contribution in [0.4, 0.5) is 5.69 Å². The number of nitrogens with one attached hydrogen (secondary N) is 2. The summed E-state index contributed by atoms with van der Waals surface area (Å²) in [6.07, 6.45) is 2.10. The van der Waals surface area contributed by atoms with Gasteiger partial charge in [0.25, 0.3) is 0 Å². The molecule has 0 unspecified atom stereocenters. The van der Waals surface area contributed by atoms with Crippen LogP contribution in [-0.2, 0) is 29.0 Å². The van der Waals surface area contributed by atoms with Gasteiger partial charge in [-0.2, -0.15) is 0 Å². The van der Waals surface area contributed by atoms with Crippen molar-refractivity contribution < 1.29 is 14.3 Å². The Morgan fingerprint density at radius 1 is 1.00 bits per heavy atom. The van der Waals surface area contributed by atoms with Gasteiger partial charge in [-0.3, -0.25) is 9.59 Å². The quantitative estimate of drug-likeness (QED) is 0.342. The van der Waals surface area contributed by atoms with Crippen molar-refractivity contribution >= 4 is 28.3 Å². The summed E-state index contributed by atoms with van der Waals surface area (Å²) in [4.78, 5) is 28.5. The number of fused-ring (bicyclic) bond motifs is 2. The molecule has 1 heterocycles. The minimum absolute atomic E-state index is 0.114. The van der Waals surface area contributed by atoms with Crippen LogP contribution in [-0.4, -0.2) is 38.1 Å². The van der Waals surface area contributed by atoms with Gasteiger partial charge in [-0.25, -0.2) is 0 Å². The zero-order valence-electron chi connectivity index (χ0n) is 22.7. The Hall–Kier alpha value is -4.16. The molecule has 5 rings (SSSR count). The van der Waals surface area contributed by atoms with Crippen molar-refractivity contribution in [2.75, 3.05) is 19.1 Å². The highest BCUT2D eigenvalue weighted by atomic mass is 16.5. The van der Waals surface area contributed by atoms with Crippen molar-refractivity contribution in [3.05, 3.63) is 107 Å². The summed E-state index contributed by atoms with van der Waals surface area (Å²) in [6, 6.07) is 28.0. The van der Waals surface area contributed by atoms with Crippen LogP contribution in [0.2, 0.25) is 0 Å². The summed E-state index contributed by atoms with van der Waals surface area (Å²) in [7, 11) is 3.40. The molecule has 0 saturated carbocycles. The monoisotopic (exact) mass is 521 g/mol. The lowest BCUT2D eigenvalue weighted by Gasteiger charge is -2.28. The fourth-order valence-corrected chi connectivity index (χ4v) is 5.32. The fraction of sp³-hybridized carbons (Fsp3) is 0.273. The number of ether oxygens (including phenoxy) is 1. The summed E-state index contributed by atoms with van der Waals surface area (Å²) >= 11 is 0. The topological polar surface area (TPSA) is 70.7 Å². The standard InChI is InChI=1S/C33H35N3O3/c1-22(34-2)32(37)35-29-17-14-25-11-7-8-12-30(25)36(33(29)38)21-28-27-16-13-24(19-23-9-5-4-6-10-23)20-26(27)15-18-31(28)39-3/h4-13,15-16,18,20,22,29,34H,14,17,19,21H2,1-3H3,(H,35,37)/t22-,29-/m0/s1. The number of likely N-dealkylation sites (N-methyl/N-ethyl adjacent to an activating group) is 1. The molecule has 1 aliphatic rings. The van der Waals surface area contributed by atoms with E-state index in [-0.39, 0.29) is 17.9 Å². The first-order valence-corrected chi connectivity index (χ1v) is 13.5. The van der Waals surface area contributed by atoms with E-state index >= 15 is 0 Å². The number of anilines is 1. The maximum atomic E-state index is 14.0. The highest BCUT2D eigenvalue weighted by Crippen LogP contribution is 2.34. The van der Waals surface area contributed by atoms with Crippen molar-refractivity contribution in [3.63, 3.8) is 0 Å². The van der Waals surface area contributed by atoms with Gasteiger partial charge in [-0.15, -0.1) is 0 Å². The second-order valence-corrected chi connectivity index (χ2v) is 10.1. The number of nitrogens with zero attached hydrogens (tertiary/aromatic N) is 1. The van der Waals surface area contributed by atoms with E-state index in [2.05, 4.69) is 65.2 Å². The molecule has 6 heteroatoms. The van der Waals surface area contributed by atoms with E-state index in [0.29, 0.717) is 19.4 Å². The van der Waals surface area contributed by atoms with Crippen LogP contribution in [0.25, 0.3) is 10.8 Å². The van der Waals surface area contributed by atoms with Crippen LogP contribution in [0, 0.1) is 0 Å². The number of rotatable bonds is 8. The lowest BCUT2D eigenvalue weighted by Crippen LogP contribution is -2.52. The number of carbonyl (C=O) groups is 2. The largest absolute Gasteiger partial charge is 0.496 e. The number of methoxy groups -OCH3 is 1. The molecule has 0 saturated heterocycles. The van der Waals surface area contributed by atoms with E-state index in [1.807, 2.05) is 35.2 Å². The third-order valence-corrected chi connectivity index (χ3v) is 7.63. The number of hydrogen-bond donors (Lipinski definition) is 2. The Bertz CT molecular complexity index is 1480. The van der Waals surface area contributed by atoms with Crippen molar-refractivity contribution in [2.24, 2.45) is 0 Å². The highest BCUT2D eigenvalue weighted by Gasteiger charge is 2.33. The molecule has 2 N–H and O–H groups in total. The number of aryl methyl sites for hydroxylation is 1. The molecule has 0 spiro atoms. The molecule has 0 radical (unpaired) electrons. The summed E-state index contributed by atoms with van der Waals surface area (Å²) in [5.74, 6) is 0.434. The minimum Gasteiger partial charge on any atom is -0.496 e. The number of amides is 2. The smallest absolute Gasteiger partial charge is 0.249 e. The summed E-state index contributed by atoms with van der Waals surface area (Å²) in [5.41, 5.74) is 5.40. The molecule has 1 aliphatic heterocycles. The molecule has 0 fully saturated rings. The van der Waals surface area contributed by atoms with E-state index in [1.54, 1.807) is 21.1 Å². The summed E-state index contributed by atoms with van der Waals surface area (Å²) < 4.78 is 5.80. The predicted octanol–water partition coefficient (Wildman–Crippen LogP) is 5.01. The van der Waals surface area contributed by atoms with Crippen LogP contribution in [0.15, 0.2) is 84.9 Å². The number of hydrogen-bond acceptors (Lipinski definition) is 4. The van der Waals surface area contributed by atoms with Gasteiger partial charge in [0.2, 0.25) is 11.8 Å². The van der Waals surface area contributed by atoms with Crippen LogP contribution in [0.3, 0.4) is 0 Å². The highest BCUT2D eigenvalue weighted by molar-refractivity contribution is 6.01. The van der Waals surface area contributed by atoms with Crippen LogP contribution >= 0.6 is 0 Å². The van der Waals surface area contributed by atoms with Crippen molar-refractivity contribution in [3.8, 4) is 5.75 Å². The molecule has 4 aromatic carbocycles. The number of para-hydroxylation sites is 1. The third-order valence-electron chi connectivity index (χ3n) is 7.63. The van der Waals surface area contributed by atoms with E-state index in [4.69, 9.17) is 4.74 Å². The Morgan fingerprint density at radius 3 is 2.54 bits per heavy atom. The molecule has 39 heavy (non-hydrogen) atoms. The van der Waals surface area contributed by atoms with Gasteiger partial charge in [-0.1, -0.05) is 72.8 Å². The molecule has 0 bridgehead atoms. The lowest BCUT2D eigenvalue weighted by molar-refractivity contribution is -0.128. The van der Waals surface area contributed by atoms with E-state index in [9.17, 15) is 9.59 Å². The average molecular weight is 522 g/mol. The molecule has 0 aromatic heterocycles. The first-order valence-electron chi connectivity index (χ1n) is 13.5. The Morgan fingerprint density at radius 2 is 1.77 bits per heavy atom. The molecular formula is C33H35N3O3. The van der Waals surface area contributed by atoms with Gasteiger partial charge in [0.05, 0.1) is 19.7 Å². The number of benzene rings is 4. The van der Waals surface area contributed by atoms with Crippen molar-refractivity contribution in [1.82, 2.24) is 10.6 Å². The van der Waals surface area contributed by atoms with Gasteiger partial charge in [0, 0.05) is 11.3 Å². The normalized spacial score (nSPS) is 15.9. The molecule has 0 aliphatic carbocycles. The third kappa shape index (κ3) is 5.66. The molecule has 200 valence electrons. The zero-order valence-corrected chi connectivity index (χ0v) is 22.7.